The first-order valence-corrected chi connectivity index (χ1v) is 9.84. The van der Waals surface area contributed by atoms with Gasteiger partial charge in [0.25, 0.3) is 0 Å². The standard InChI is InChI=1S/C21H30O3/c1-12(22)16-6-7-17-15-5-4-13-10-14(23)8-9-20(13,2)18(15)11-19(24)21(16,17)3/h13,15-18H,4-11H2,1-3H3. The average molecular weight is 330 g/mol. The van der Waals surface area contributed by atoms with Crippen molar-refractivity contribution in [2.75, 3.05) is 0 Å². The number of hydrogen-bond acceptors (Lipinski definition) is 3. The lowest BCUT2D eigenvalue weighted by Crippen LogP contribution is -2.57. The van der Waals surface area contributed by atoms with Crippen LogP contribution in [0.1, 0.15) is 72.1 Å². The summed E-state index contributed by atoms with van der Waals surface area (Å²) in [4.78, 5) is 37.3. The number of ketones is 3. The summed E-state index contributed by atoms with van der Waals surface area (Å²) in [6, 6.07) is 0. The van der Waals surface area contributed by atoms with Crippen molar-refractivity contribution in [3.05, 3.63) is 0 Å². The van der Waals surface area contributed by atoms with Crippen LogP contribution in [0.5, 0.6) is 0 Å². The van der Waals surface area contributed by atoms with Gasteiger partial charge in [0, 0.05) is 30.6 Å². The molecule has 0 spiro atoms. The second-order valence-electron chi connectivity index (χ2n) is 9.55. The number of carbonyl (C=O) groups excluding carboxylic acids is 3. The first-order chi connectivity index (χ1) is 11.3. The summed E-state index contributed by atoms with van der Waals surface area (Å²) in [6.07, 6.45) is 7.24. The Morgan fingerprint density at radius 3 is 2.46 bits per heavy atom. The summed E-state index contributed by atoms with van der Waals surface area (Å²) >= 11 is 0. The van der Waals surface area contributed by atoms with Gasteiger partial charge in [0.05, 0.1) is 0 Å². The Kier molecular flexibility index (Phi) is 3.61. The van der Waals surface area contributed by atoms with Gasteiger partial charge in [0.1, 0.15) is 17.3 Å². The van der Waals surface area contributed by atoms with Gasteiger partial charge in [-0.25, -0.2) is 0 Å². The van der Waals surface area contributed by atoms with Crippen LogP contribution in [0.2, 0.25) is 0 Å². The van der Waals surface area contributed by atoms with Crippen molar-refractivity contribution >= 4 is 17.3 Å². The molecule has 0 saturated heterocycles. The van der Waals surface area contributed by atoms with Crippen LogP contribution in [0.3, 0.4) is 0 Å². The van der Waals surface area contributed by atoms with Gasteiger partial charge in [-0.3, -0.25) is 14.4 Å². The van der Waals surface area contributed by atoms with E-state index >= 15 is 0 Å². The van der Waals surface area contributed by atoms with Gasteiger partial charge >= 0.3 is 0 Å². The third kappa shape index (κ3) is 1.99. The van der Waals surface area contributed by atoms with E-state index in [-0.39, 0.29) is 17.1 Å². The fraction of sp³-hybridized carbons (Fsp3) is 0.857. The normalized spacial score (nSPS) is 50.9. The molecule has 0 amide bonds. The van der Waals surface area contributed by atoms with Gasteiger partial charge in [-0.2, -0.15) is 0 Å². The molecule has 24 heavy (non-hydrogen) atoms. The Bertz CT molecular complexity index is 608. The molecule has 0 aliphatic heterocycles. The van der Waals surface area contributed by atoms with Crippen molar-refractivity contribution in [2.24, 2.45) is 40.4 Å². The number of Topliss-reactive ketones (excluding diaryl/α,β-unsaturated/α-hetero) is 3. The minimum absolute atomic E-state index is 0.0607. The number of rotatable bonds is 1. The molecule has 0 heterocycles. The summed E-state index contributed by atoms with van der Waals surface area (Å²) in [5.41, 5.74) is -0.261. The highest BCUT2D eigenvalue weighted by atomic mass is 16.1. The topological polar surface area (TPSA) is 51.2 Å². The summed E-state index contributed by atoms with van der Waals surface area (Å²) in [5, 5.41) is 0. The van der Waals surface area contributed by atoms with Crippen molar-refractivity contribution in [1.29, 1.82) is 0 Å². The van der Waals surface area contributed by atoms with Crippen molar-refractivity contribution in [2.45, 2.75) is 72.1 Å². The van der Waals surface area contributed by atoms with Crippen molar-refractivity contribution in [1.82, 2.24) is 0 Å². The highest BCUT2D eigenvalue weighted by Gasteiger charge is 2.64. The summed E-state index contributed by atoms with van der Waals surface area (Å²) < 4.78 is 0. The van der Waals surface area contributed by atoms with Crippen molar-refractivity contribution in [3.8, 4) is 0 Å². The van der Waals surface area contributed by atoms with Gasteiger partial charge in [0.2, 0.25) is 0 Å². The van der Waals surface area contributed by atoms with E-state index in [0.29, 0.717) is 48.1 Å². The highest BCUT2D eigenvalue weighted by Crippen LogP contribution is 2.66. The molecular weight excluding hydrogens is 300 g/mol. The molecule has 4 rings (SSSR count). The lowest BCUT2D eigenvalue weighted by atomic mass is 9.44. The molecule has 0 aromatic rings. The Morgan fingerprint density at radius 2 is 1.75 bits per heavy atom. The van der Waals surface area contributed by atoms with E-state index in [0.717, 1.165) is 38.5 Å². The first kappa shape index (κ1) is 16.5. The van der Waals surface area contributed by atoms with Crippen LogP contribution in [0.15, 0.2) is 0 Å². The zero-order valence-electron chi connectivity index (χ0n) is 15.3. The number of hydrogen-bond donors (Lipinski definition) is 0. The van der Waals surface area contributed by atoms with Crippen LogP contribution in [0, 0.1) is 40.4 Å². The van der Waals surface area contributed by atoms with Gasteiger partial charge in [0.15, 0.2) is 0 Å². The summed E-state index contributed by atoms with van der Waals surface area (Å²) in [5.74, 6) is 2.76. The lowest BCUT2D eigenvalue weighted by Gasteiger charge is -2.59. The predicted molar refractivity (Wildman–Crippen MR) is 91.3 cm³/mol. The fourth-order valence-corrected chi connectivity index (χ4v) is 7.40. The van der Waals surface area contributed by atoms with E-state index in [2.05, 4.69) is 13.8 Å². The maximum absolute atomic E-state index is 13.2. The smallest absolute Gasteiger partial charge is 0.140 e. The van der Waals surface area contributed by atoms with Gasteiger partial charge in [-0.05, 0) is 68.1 Å². The third-order valence-corrected chi connectivity index (χ3v) is 8.84. The predicted octanol–water partition coefficient (Wildman–Crippen LogP) is 3.98. The summed E-state index contributed by atoms with van der Waals surface area (Å²) in [7, 11) is 0. The Morgan fingerprint density at radius 1 is 1.00 bits per heavy atom. The van der Waals surface area contributed by atoms with E-state index < -0.39 is 5.41 Å². The third-order valence-electron chi connectivity index (χ3n) is 8.84. The van der Waals surface area contributed by atoms with Crippen LogP contribution < -0.4 is 0 Å². The molecule has 3 heteroatoms. The minimum atomic E-state index is -0.416. The Balaban J connectivity index is 1.69. The molecule has 7 atom stereocenters. The maximum atomic E-state index is 13.2. The first-order valence-electron chi connectivity index (χ1n) is 9.84. The van der Waals surface area contributed by atoms with E-state index in [9.17, 15) is 14.4 Å². The number of fused-ring (bicyclic) bond motifs is 5. The molecule has 7 unspecified atom stereocenters. The largest absolute Gasteiger partial charge is 0.300 e. The van der Waals surface area contributed by atoms with Crippen molar-refractivity contribution in [3.63, 3.8) is 0 Å². The zero-order valence-corrected chi connectivity index (χ0v) is 15.3. The molecule has 4 aliphatic rings. The van der Waals surface area contributed by atoms with Gasteiger partial charge < -0.3 is 0 Å². The average Bonchev–Trinajstić information content (AvgIpc) is 2.88. The SMILES string of the molecule is CC(=O)C1CCC2C3CCC4CC(=O)CCC4(C)C3CC(=O)C12C. The Labute approximate surface area is 144 Å². The lowest BCUT2D eigenvalue weighted by molar-refractivity contribution is -0.160. The maximum Gasteiger partial charge on any atom is 0.140 e. The molecule has 4 saturated carbocycles. The molecule has 0 bridgehead atoms. The molecule has 0 aromatic carbocycles. The second-order valence-corrected chi connectivity index (χ2v) is 9.55. The van der Waals surface area contributed by atoms with Crippen LogP contribution in [0.4, 0.5) is 0 Å². The van der Waals surface area contributed by atoms with E-state index in [1.54, 1.807) is 6.92 Å². The van der Waals surface area contributed by atoms with E-state index in [1.165, 1.54) is 0 Å². The minimum Gasteiger partial charge on any atom is -0.300 e. The molecular formula is C21H30O3. The molecule has 0 radical (unpaired) electrons. The zero-order chi connectivity index (χ0) is 17.3. The molecule has 4 fully saturated rings. The number of carbonyl (C=O) groups is 3. The van der Waals surface area contributed by atoms with Crippen molar-refractivity contribution < 1.29 is 14.4 Å². The molecule has 0 N–H and O–H groups in total. The van der Waals surface area contributed by atoms with Crippen LogP contribution in [0.25, 0.3) is 0 Å². The summed E-state index contributed by atoms with van der Waals surface area (Å²) in [6.45, 7) is 6.12. The molecule has 4 aliphatic carbocycles. The molecule has 132 valence electrons. The van der Waals surface area contributed by atoms with E-state index in [4.69, 9.17) is 0 Å². The van der Waals surface area contributed by atoms with Gasteiger partial charge in [-0.15, -0.1) is 0 Å². The van der Waals surface area contributed by atoms with Crippen LogP contribution in [-0.4, -0.2) is 17.3 Å². The highest BCUT2D eigenvalue weighted by molar-refractivity contribution is 5.93. The van der Waals surface area contributed by atoms with Crippen LogP contribution >= 0.6 is 0 Å². The molecule has 3 nitrogen and oxygen atoms in total. The quantitative estimate of drug-likeness (QED) is 0.730. The Hall–Kier alpha value is -0.990. The van der Waals surface area contributed by atoms with Crippen LogP contribution in [-0.2, 0) is 14.4 Å². The molecule has 0 aromatic heterocycles. The fourth-order valence-electron chi connectivity index (χ4n) is 7.40. The second kappa shape index (κ2) is 5.25. The monoisotopic (exact) mass is 330 g/mol. The van der Waals surface area contributed by atoms with E-state index in [1.807, 2.05) is 0 Å². The van der Waals surface area contributed by atoms with Gasteiger partial charge in [-0.1, -0.05) is 13.8 Å².